The molecule has 19 heavy (non-hydrogen) atoms. The van der Waals surface area contributed by atoms with Gasteiger partial charge in [0.15, 0.2) is 4.34 Å². The number of carbonyl (C=O) groups excluding carboxylic acids is 1. The van der Waals surface area contributed by atoms with Crippen molar-refractivity contribution < 1.29 is 4.79 Å². The summed E-state index contributed by atoms with van der Waals surface area (Å²) >= 11 is 2.97. The minimum Gasteiger partial charge on any atom is -0.326 e. The smallest absolute Gasteiger partial charge is 0.225 e. The lowest BCUT2D eigenvalue weighted by Gasteiger charge is -2.04. The van der Waals surface area contributed by atoms with E-state index in [-0.39, 0.29) is 5.91 Å². The number of nitrogens with one attached hydrogen (secondary N) is 1. The fraction of sp³-hybridized carbons (Fsp3) is 0.167. The Bertz CT molecular complexity index is 575. The quantitative estimate of drug-likeness (QED) is 0.856. The molecule has 0 saturated heterocycles. The molecule has 0 unspecified atom stereocenters. The molecule has 0 aliphatic heterocycles. The van der Waals surface area contributed by atoms with Crippen LogP contribution in [0.1, 0.15) is 12.0 Å². The summed E-state index contributed by atoms with van der Waals surface area (Å²) in [7, 11) is 0. The lowest BCUT2D eigenvalue weighted by atomic mass is 10.2. The summed E-state index contributed by atoms with van der Waals surface area (Å²) in [4.78, 5) is 11.7. The fourth-order valence-corrected chi connectivity index (χ4v) is 2.81. The number of benzene rings is 1. The number of hydrogen-bond donors (Lipinski definition) is 1. The molecule has 7 heteroatoms. The van der Waals surface area contributed by atoms with Crippen molar-refractivity contribution in [1.82, 2.24) is 10.2 Å². The van der Waals surface area contributed by atoms with E-state index in [4.69, 9.17) is 5.26 Å². The average molecular weight is 290 g/mol. The first-order chi connectivity index (χ1) is 9.28. The van der Waals surface area contributed by atoms with E-state index < -0.39 is 0 Å². The summed E-state index contributed by atoms with van der Waals surface area (Å²) in [6.07, 6.45) is 0.407. The Labute approximate surface area is 118 Å². The highest BCUT2D eigenvalue weighted by molar-refractivity contribution is 8.01. The number of thioether (sulfide) groups is 1. The van der Waals surface area contributed by atoms with E-state index in [0.29, 0.717) is 23.4 Å². The van der Waals surface area contributed by atoms with Gasteiger partial charge in [-0.05, 0) is 24.3 Å². The highest BCUT2D eigenvalue weighted by Crippen LogP contribution is 2.19. The minimum absolute atomic E-state index is 0.0540. The van der Waals surface area contributed by atoms with Gasteiger partial charge in [-0.3, -0.25) is 4.79 Å². The normalized spacial score (nSPS) is 9.84. The molecule has 1 aromatic carbocycles. The lowest BCUT2D eigenvalue weighted by Crippen LogP contribution is -2.12. The molecular weight excluding hydrogens is 280 g/mol. The van der Waals surface area contributed by atoms with E-state index in [1.165, 1.54) is 23.1 Å². The first-order valence-corrected chi connectivity index (χ1v) is 7.33. The van der Waals surface area contributed by atoms with E-state index >= 15 is 0 Å². The Balaban J connectivity index is 1.76. The number of carbonyl (C=O) groups is 1. The first kappa shape index (κ1) is 13.5. The van der Waals surface area contributed by atoms with E-state index in [0.717, 1.165) is 4.34 Å². The Morgan fingerprint density at radius 3 is 2.84 bits per heavy atom. The van der Waals surface area contributed by atoms with Crippen molar-refractivity contribution in [3.63, 3.8) is 0 Å². The standard InChI is InChI=1S/C12H10N4OS2/c13-7-9-1-3-10(4-2-9)15-11(17)5-6-18-12-16-14-8-19-12/h1-4,8H,5-6H2,(H,15,17). The fourth-order valence-electron chi connectivity index (χ4n) is 1.31. The topological polar surface area (TPSA) is 78.7 Å². The molecule has 0 aliphatic rings. The number of rotatable bonds is 5. The van der Waals surface area contributed by atoms with Crippen LogP contribution in [0.5, 0.6) is 0 Å². The zero-order valence-electron chi connectivity index (χ0n) is 9.87. The predicted molar refractivity (Wildman–Crippen MR) is 75.0 cm³/mol. The number of hydrogen-bond acceptors (Lipinski definition) is 6. The second-order valence-electron chi connectivity index (χ2n) is 3.54. The van der Waals surface area contributed by atoms with Crippen molar-refractivity contribution in [3.05, 3.63) is 35.3 Å². The van der Waals surface area contributed by atoms with Crippen LogP contribution in [-0.4, -0.2) is 21.9 Å². The third kappa shape index (κ3) is 4.35. The van der Waals surface area contributed by atoms with Crippen LogP contribution in [0.3, 0.4) is 0 Å². The van der Waals surface area contributed by atoms with Gasteiger partial charge in [0.05, 0.1) is 11.6 Å². The molecule has 1 N–H and O–H groups in total. The van der Waals surface area contributed by atoms with Gasteiger partial charge in [-0.25, -0.2) is 0 Å². The van der Waals surface area contributed by atoms with E-state index in [2.05, 4.69) is 15.5 Å². The van der Waals surface area contributed by atoms with E-state index in [1.54, 1.807) is 29.8 Å². The van der Waals surface area contributed by atoms with Gasteiger partial charge in [-0.1, -0.05) is 23.1 Å². The van der Waals surface area contributed by atoms with Crippen molar-refractivity contribution in [2.45, 2.75) is 10.8 Å². The molecule has 1 heterocycles. The summed E-state index contributed by atoms with van der Waals surface area (Å²) in [6.45, 7) is 0. The number of aromatic nitrogens is 2. The Morgan fingerprint density at radius 2 is 2.21 bits per heavy atom. The Kier molecular flexibility index (Phi) is 4.89. The van der Waals surface area contributed by atoms with E-state index in [1.807, 2.05) is 6.07 Å². The molecule has 0 aliphatic carbocycles. The van der Waals surface area contributed by atoms with Crippen LogP contribution in [-0.2, 0) is 4.79 Å². The van der Waals surface area contributed by atoms with Gasteiger partial charge in [-0.2, -0.15) is 5.26 Å². The zero-order valence-corrected chi connectivity index (χ0v) is 11.5. The van der Waals surface area contributed by atoms with Crippen molar-refractivity contribution in [2.75, 3.05) is 11.1 Å². The van der Waals surface area contributed by atoms with Gasteiger partial charge in [0.2, 0.25) is 5.91 Å². The molecule has 0 bridgehead atoms. The van der Waals surface area contributed by atoms with Crippen LogP contribution in [0.25, 0.3) is 0 Å². The van der Waals surface area contributed by atoms with Crippen LogP contribution in [0.4, 0.5) is 5.69 Å². The first-order valence-electron chi connectivity index (χ1n) is 5.47. The highest BCUT2D eigenvalue weighted by atomic mass is 32.2. The number of nitriles is 1. The molecule has 0 fully saturated rings. The highest BCUT2D eigenvalue weighted by Gasteiger charge is 2.04. The maximum atomic E-state index is 11.7. The molecule has 96 valence electrons. The van der Waals surface area contributed by atoms with Gasteiger partial charge in [-0.15, -0.1) is 10.2 Å². The SMILES string of the molecule is N#Cc1ccc(NC(=O)CCSc2nncs2)cc1. The second kappa shape index (κ2) is 6.87. The maximum Gasteiger partial charge on any atom is 0.225 e. The summed E-state index contributed by atoms with van der Waals surface area (Å²) in [5.74, 6) is 0.610. The van der Waals surface area contributed by atoms with Crippen LogP contribution >= 0.6 is 23.1 Å². The summed E-state index contributed by atoms with van der Waals surface area (Å²) in [5.41, 5.74) is 2.94. The van der Waals surface area contributed by atoms with Crippen molar-refractivity contribution in [1.29, 1.82) is 5.26 Å². The second-order valence-corrected chi connectivity index (χ2v) is 5.72. The minimum atomic E-state index is -0.0540. The molecule has 0 saturated carbocycles. The monoisotopic (exact) mass is 290 g/mol. The predicted octanol–water partition coefficient (Wildman–Crippen LogP) is 2.53. The molecule has 1 amide bonds. The van der Waals surface area contributed by atoms with Gasteiger partial charge < -0.3 is 5.32 Å². The molecule has 5 nitrogen and oxygen atoms in total. The van der Waals surface area contributed by atoms with Crippen molar-refractivity contribution in [3.8, 4) is 6.07 Å². The largest absolute Gasteiger partial charge is 0.326 e. The summed E-state index contributed by atoms with van der Waals surface area (Å²) in [6, 6.07) is 8.81. The van der Waals surface area contributed by atoms with Crippen molar-refractivity contribution in [2.24, 2.45) is 0 Å². The van der Waals surface area contributed by atoms with Crippen LogP contribution in [0.2, 0.25) is 0 Å². The summed E-state index contributed by atoms with van der Waals surface area (Å²) in [5, 5.41) is 19.1. The third-order valence-electron chi connectivity index (χ3n) is 2.19. The molecule has 0 spiro atoms. The third-order valence-corrected chi connectivity index (χ3v) is 4.05. The molecule has 0 atom stereocenters. The van der Waals surface area contributed by atoms with Gasteiger partial charge in [0.25, 0.3) is 0 Å². The van der Waals surface area contributed by atoms with Crippen LogP contribution < -0.4 is 5.32 Å². The van der Waals surface area contributed by atoms with Crippen LogP contribution in [0, 0.1) is 11.3 Å². The lowest BCUT2D eigenvalue weighted by molar-refractivity contribution is -0.115. The maximum absolute atomic E-state index is 11.7. The molecular formula is C12H10N4OS2. The molecule has 2 aromatic rings. The molecule has 0 radical (unpaired) electrons. The zero-order chi connectivity index (χ0) is 13.5. The summed E-state index contributed by atoms with van der Waals surface area (Å²) < 4.78 is 0.867. The number of amides is 1. The van der Waals surface area contributed by atoms with Gasteiger partial charge in [0, 0.05) is 17.9 Å². The van der Waals surface area contributed by atoms with Crippen LogP contribution in [0.15, 0.2) is 34.1 Å². The van der Waals surface area contributed by atoms with Crippen molar-refractivity contribution >= 4 is 34.7 Å². The Hall–Kier alpha value is -1.91. The van der Waals surface area contributed by atoms with Gasteiger partial charge >= 0.3 is 0 Å². The molecule has 1 aromatic heterocycles. The van der Waals surface area contributed by atoms with Gasteiger partial charge in [0.1, 0.15) is 5.51 Å². The number of nitrogens with zero attached hydrogens (tertiary/aromatic N) is 3. The average Bonchev–Trinajstić information content (AvgIpc) is 2.93. The van der Waals surface area contributed by atoms with E-state index in [9.17, 15) is 4.79 Å². The molecule has 2 rings (SSSR count). The Morgan fingerprint density at radius 1 is 1.42 bits per heavy atom. The number of anilines is 1.